The normalized spacial score (nSPS) is 20.7. The van der Waals surface area contributed by atoms with E-state index in [-0.39, 0.29) is 35.6 Å². The van der Waals surface area contributed by atoms with E-state index in [0.717, 1.165) is 12.8 Å². The summed E-state index contributed by atoms with van der Waals surface area (Å²) in [7, 11) is 0. The van der Waals surface area contributed by atoms with Crippen LogP contribution in [0.5, 0.6) is 0 Å². The number of benzene rings is 1. The first-order valence-corrected chi connectivity index (χ1v) is 8.39. The first-order valence-electron chi connectivity index (χ1n) is 8.39. The van der Waals surface area contributed by atoms with E-state index in [1.807, 2.05) is 0 Å². The number of nitrogens with two attached hydrogens (primary N) is 1. The van der Waals surface area contributed by atoms with Crippen molar-refractivity contribution in [2.45, 2.75) is 38.8 Å². The number of halogens is 1. The molecule has 1 saturated heterocycles. The van der Waals surface area contributed by atoms with E-state index in [9.17, 15) is 19.7 Å². The third-order valence-electron chi connectivity index (χ3n) is 4.57. The van der Waals surface area contributed by atoms with E-state index in [1.54, 1.807) is 11.8 Å². The summed E-state index contributed by atoms with van der Waals surface area (Å²) in [5.41, 5.74) is 5.77. The van der Waals surface area contributed by atoms with E-state index in [0.29, 0.717) is 19.0 Å². The monoisotopic (exact) mass is 384 g/mol. The van der Waals surface area contributed by atoms with Crippen LogP contribution in [0.15, 0.2) is 24.3 Å². The van der Waals surface area contributed by atoms with Gasteiger partial charge in [-0.15, -0.1) is 12.4 Å². The number of piperidine rings is 1. The fraction of sp³-hybridized carbons (Fsp3) is 0.529. The lowest BCUT2D eigenvalue weighted by atomic mass is 9.92. The van der Waals surface area contributed by atoms with Crippen molar-refractivity contribution in [1.29, 1.82) is 0 Å². The van der Waals surface area contributed by atoms with E-state index in [2.05, 4.69) is 12.2 Å². The quantitative estimate of drug-likeness (QED) is 0.591. The standard InChI is InChI=1S/C17H24N4O4.ClH/c1-11-6-7-20(15(8-11)10-18)17(23)12(2)19-16(22)13-4-3-5-14(9-13)21(24)25;/h3-5,9,11-12,15H,6-8,10,18H2,1-2H3,(H,19,22);1H. The molecule has 1 aliphatic heterocycles. The highest BCUT2D eigenvalue weighted by atomic mass is 35.5. The molecule has 0 bridgehead atoms. The number of nitro benzene ring substituents is 1. The summed E-state index contributed by atoms with van der Waals surface area (Å²) < 4.78 is 0. The third-order valence-corrected chi connectivity index (χ3v) is 4.57. The molecule has 1 fully saturated rings. The maximum absolute atomic E-state index is 12.7. The van der Waals surface area contributed by atoms with Crippen LogP contribution < -0.4 is 11.1 Å². The minimum atomic E-state index is -0.728. The molecule has 2 amide bonds. The fourth-order valence-corrected chi connectivity index (χ4v) is 3.12. The molecule has 3 N–H and O–H groups in total. The van der Waals surface area contributed by atoms with Crippen LogP contribution in [0, 0.1) is 16.0 Å². The van der Waals surface area contributed by atoms with Crippen molar-refractivity contribution >= 4 is 29.9 Å². The van der Waals surface area contributed by atoms with E-state index < -0.39 is 16.9 Å². The van der Waals surface area contributed by atoms with Gasteiger partial charge in [0, 0.05) is 36.8 Å². The van der Waals surface area contributed by atoms with Crippen LogP contribution in [0.2, 0.25) is 0 Å². The highest BCUT2D eigenvalue weighted by Crippen LogP contribution is 2.22. The van der Waals surface area contributed by atoms with Gasteiger partial charge in [-0.05, 0) is 31.7 Å². The number of carbonyl (C=O) groups excluding carboxylic acids is 2. The van der Waals surface area contributed by atoms with Crippen molar-refractivity contribution in [3.8, 4) is 0 Å². The molecule has 0 aromatic heterocycles. The molecule has 1 aromatic rings. The minimum Gasteiger partial charge on any atom is -0.341 e. The Morgan fingerprint density at radius 3 is 2.77 bits per heavy atom. The predicted molar refractivity (Wildman–Crippen MR) is 100 cm³/mol. The predicted octanol–water partition coefficient (Wildman–Crippen LogP) is 1.72. The Morgan fingerprint density at radius 1 is 1.46 bits per heavy atom. The average Bonchev–Trinajstić information content (AvgIpc) is 2.60. The van der Waals surface area contributed by atoms with E-state index in [1.165, 1.54) is 24.3 Å². The van der Waals surface area contributed by atoms with Crippen molar-refractivity contribution in [2.75, 3.05) is 13.1 Å². The zero-order chi connectivity index (χ0) is 18.6. The maximum atomic E-state index is 12.7. The molecule has 3 unspecified atom stereocenters. The SMILES string of the molecule is CC1CCN(C(=O)C(C)NC(=O)c2cccc([N+](=O)[O-])c2)C(CN)C1.Cl. The van der Waals surface area contributed by atoms with E-state index in [4.69, 9.17) is 5.73 Å². The lowest BCUT2D eigenvalue weighted by Crippen LogP contribution is -2.55. The van der Waals surface area contributed by atoms with Gasteiger partial charge in [-0.25, -0.2) is 0 Å². The summed E-state index contributed by atoms with van der Waals surface area (Å²) in [6, 6.07) is 4.67. The molecule has 1 heterocycles. The number of hydrogen-bond acceptors (Lipinski definition) is 5. The van der Waals surface area contributed by atoms with E-state index >= 15 is 0 Å². The second kappa shape index (κ2) is 9.49. The molecule has 1 aromatic carbocycles. The number of amides is 2. The number of likely N-dealkylation sites (tertiary alicyclic amines) is 1. The molecule has 0 spiro atoms. The van der Waals surface area contributed by atoms with Gasteiger partial charge in [-0.3, -0.25) is 19.7 Å². The number of hydrogen-bond donors (Lipinski definition) is 2. The summed E-state index contributed by atoms with van der Waals surface area (Å²) in [5, 5.41) is 13.4. The zero-order valence-electron chi connectivity index (χ0n) is 14.9. The van der Waals surface area contributed by atoms with Crippen molar-refractivity contribution < 1.29 is 14.5 Å². The lowest BCUT2D eigenvalue weighted by Gasteiger charge is -2.39. The Hall–Kier alpha value is -2.19. The van der Waals surface area contributed by atoms with Gasteiger partial charge >= 0.3 is 0 Å². The van der Waals surface area contributed by atoms with Crippen LogP contribution >= 0.6 is 12.4 Å². The lowest BCUT2D eigenvalue weighted by molar-refractivity contribution is -0.384. The molecular formula is C17H25ClN4O4. The summed E-state index contributed by atoms with van der Waals surface area (Å²) in [6.07, 6.45) is 1.77. The third kappa shape index (κ3) is 5.15. The Labute approximate surface area is 158 Å². The minimum absolute atomic E-state index is 0. The Balaban J connectivity index is 0.00000338. The molecule has 26 heavy (non-hydrogen) atoms. The molecule has 3 atom stereocenters. The first-order chi connectivity index (χ1) is 11.8. The smallest absolute Gasteiger partial charge is 0.270 e. The van der Waals surface area contributed by atoms with Crippen molar-refractivity contribution in [3.63, 3.8) is 0 Å². The van der Waals surface area contributed by atoms with Crippen LogP contribution in [-0.4, -0.2) is 46.8 Å². The van der Waals surface area contributed by atoms with Gasteiger partial charge in [-0.1, -0.05) is 13.0 Å². The van der Waals surface area contributed by atoms with Crippen molar-refractivity contribution in [3.05, 3.63) is 39.9 Å². The molecule has 9 heteroatoms. The molecule has 8 nitrogen and oxygen atoms in total. The summed E-state index contributed by atoms with van der Waals surface area (Å²) in [4.78, 5) is 36.9. The van der Waals surface area contributed by atoms with Crippen LogP contribution in [-0.2, 0) is 4.79 Å². The van der Waals surface area contributed by atoms with Crippen LogP contribution in [0.1, 0.15) is 37.0 Å². The summed E-state index contributed by atoms with van der Waals surface area (Å²) in [6.45, 7) is 4.77. The van der Waals surface area contributed by atoms with Gasteiger partial charge in [0.15, 0.2) is 0 Å². The van der Waals surface area contributed by atoms with Crippen LogP contribution in [0.4, 0.5) is 5.69 Å². The average molecular weight is 385 g/mol. The molecule has 0 radical (unpaired) electrons. The maximum Gasteiger partial charge on any atom is 0.270 e. The zero-order valence-corrected chi connectivity index (χ0v) is 15.7. The number of nitro groups is 1. The molecule has 144 valence electrons. The second-order valence-electron chi connectivity index (χ2n) is 6.55. The Kier molecular flexibility index (Phi) is 7.98. The second-order valence-corrected chi connectivity index (χ2v) is 6.55. The number of carbonyl (C=O) groups is 2. The van der Waals surface area contributed by atoms with Crippen LogP contribution in [0.3, 0.4) is 0 Å². The van der Waals surface area contributed by atoms with Gasteiger partial charge in [0.25, 0.3) is 11.6 Å². The number of nitrogens with one attached hydrogen (secondary N) is 1. The molecule has 0 saturated carbocycles. The number of rotatable bonds is 5. The fourth-order valence-electron chi connectivity index (χ4n) is 3.12. The molecule has 1 aliphatic rings. The van der Waals surface area contributed by atoms with Gasteiger partial charge in [0.05, 0.1) is 4.92 Å². The molecular weight excluding hydrogens is 360 g/mol. The number of non-ortho nitro benzene ring substituents is 1. The summed E-state index contributed by atoms with van der Waals surface area (Å²) in [5.74, 6) is -0.173. The topological polar surface area (TPSA) is 119 Å². The number of nitrogens with zero attached hydrogens (tertiary/aromatic N) is 2. The largest absolute Gasteiger partial charge is 0.341 e. The molecule has 2 rings (SSSR count). The Bertz CT molecular complexity index is 670. The molecule has 0 aliphatic carbocycles. The van der Waals surface area contributed by atoms with Gasteiger partial charge in [0.2, 0.25) is 5.91 Å². The van der Waals surface area contributed by atoms with Gasteiger partial charge in [0.1, 0.15) is 6.04 Å². The first kappa shape index (κ1) is 21.9. The summed E-state index contributed by atoms with van der Waals surface area (Å²) >= 11 is 0. The van der Waals surface area contributed by atoms with Crippen LogP contribution in [0.25, 0.3) is 0 Å². The van der Waals surface area contributed by atoms with Gasteiger partial charge in [-0.2, -0.15) is 0 Å². The highest BCUT2D eigenvalue weighted by Gasteiger charge is 2.32. The Morgan fingerprint density at radius 2 is 2.15 bits per heavy atom. The van der Waals surface area contributed by atoms with Gasteiger partial charge < -0.3 is 16.0 Å². The highest BCUT2D eigenvalue weighted by molar-refractivity contribution is 5.97. The van der Waals surface area contributed by atoms with Crippen molar-refractivity contribution in [1.82, 2.24) is 10.2 Å². The van der Waals surface area contributed by atoms with Crippen molar-refractivity contribution in [2.24, 2.45) is 11.7 Å².